The third kappa shape index (κ3) is 5.25. The van der Waals surface area contributed by atoms with Crippen LogP contribution >= 0.6 is 11.8 Å². The molecule has 1 fully saturated rings. The van der Waals surface area contributed by atoms with Crippen LogP contribution in [0.1, 0.15) is 33.1 Å². The van der Waals surface area contributed by atoms with E-state index in [4.69, 9.17) is 0 Å². The van der Waals surface area contributed by atoms with E-state index in [-0.39, 0.29) is 25.2 Å². The van der Waals surface area contributed by atoms with Crippen LogP contribution in [0.3, 0.4) is 0 Å². The molecule has 1 saturated heterocycles. The maximum Gasteiger partial charge on any atom is 0.417 e. The quantitative estimate of drug-likeness (QED) is 0.763. The second-order valence-corrected chi connectivity index (χ2v) is 6.75. The van der Waals surface area contributed by atoms with Crippen molar-refractivity contribution >= 4 is 17.8 Å². The van der Waals surface area contributed by atoms with E-state index in [9.17, 15) is 23.1 Å². The highest BCUT2D eigenvalue weighted by molar-refractivity contribution is 7.99. The standard InChI is InChI=1S/C13H23F3N2O2S/c1-3-21-9-4-10(2)17-11(19)18-7-5-12(20,6-8-18)13(14,15)16/h10,20H,3-9H2,1-2H3,(H,17,19). The van der Waals surface area contributed by atoms with Crippen molar-refractivity contribution in [3.63, 3.8) is 0 Å². The summed E-state index contributed by atoms with van der Waals surface area (Å²) in [4.78, 5) is 13.3. The van der Waals surface area contributed by atoms with Gasteiger partial charge in [-0.3, -0.25) is 0 Å². The number of rotatable bonds is 5. The van der Waals surface area contributed by atoms with Crippen LogP contribution in [0.2, 0.25) is 0 Å². The van der Waals surface area contributed by atoms with Crippen LogP contribution in [0.15, 0.2) is 0 Å². The topological polar surface area (TPSA) is 52.6 Å². The highest BCUT2D eigenvalue weighted by Gasteiger charge is 2.54. The summed E-state index contributed by atoms with van der Waals surface area (Å²) < 4.78 is 38.0. The number of piperidine rings is 1. The van der Waals surface area contributed by atoms with Crippen LogP contribution in [-0.4, -0.2) is 58.5 Å². The molecule has 2 amide bonds. The van der Waals surface area contributed by atoms with Gasteiger partial charge >= 0.3 is 12.2 Å². The summed E-state index contributed by atoms with van der Waals surface area (Å²) in [6.45, 7) is 3.77. The molecular formula is C13H23F3N2O2S. The van der Waals surface area contributed by atoms with Crippen molar-refractivity contribution < 1.29 is 23.1 Å². The zero-order valence-electron chi connectivity index (χ0n) is 12.4. The molecule has 0 radical (unpaired) electrons. The number of nitrogens with one attached hydrogen (secondary N) is 1. The molecule has 0 bridgehead atoms. The number of thioether (sulfide) groups is 1. The number of likely N-dealkylation sites (tertiary alicyclic amines) is 1. The Balaban J connectivity index is 2.38. The summed E-state index contributed by atoms with van der Waals surface area (Å²) in [5.41, 5.74) is -2.66. The van der Waals surface area contributed by atoms with Crippen molar-refractivity contribution in [3.8, 4) is 0 Å². The molecule has 0 aliphatic carbocycles. The van der Waals surface area contributed by atoms with Gasteiger partial charge in [-0.05, 0) is 24.9 Å². The Kier molecular flexibility index (Phi) is 6.65. The van der Waals surface area contributed by atoms with E-state index in [2.05, 4.69) is 12.2 Å². The molecule has 4 nitrogen and oxygen atoms in total. The summed E-state index contributed by atoms with van der Waals surface area (Å²) in [6, 6.07) is -0.367. The van der Waals surface area contributed by atoms with E-state index in [1.54, 1.807) is 11.8 Å². The molecule has 0 aromatic heterocycles. The highest BCUT2D eigenvalue weighted by Crippen LogP contribution is 2.38. The molecule has 0 aromatic rings. The predicted octanol–water partition coefficient (Wildman–Crippen LogP) is 2.62. The van der Waals surface area contributed by atoms with Crippen molar-refractivity contribution in [3.05, 3.63) is 0 Å². The van der Waals surface area contributed by atoms with Gasteiger partial charge in [-0.1, -0.05) is 6.92 Å². The van der Waals surface area contributed by atoms with Gasteiger partial charge in [0.1, 0.15) is 0 Å². The molecule has 0 spiro atoms. The Hall–Kier alpha value is -0.630. The van der Waals surface area contributed by atoms with Gasteiger partial charge in [-0.15, -0.1) is 0 Å². The third-order valence-corrected chi connectivity index (χ3v) is 4.61. The fourth-order valence-corrected chi connectivity index (χ4v) is 2.95. The number of nitrogens with zero attached hydrogens (tertiary/aromatic N) is 1. The van der Waals surface area contributed by atoms with Crippen molar-refractivity contribution in [2.75, 3.05) is 24.6 Å². The van der Waals surface area contributed by atoms with Crippen molar-refractivity contribution in [2.24, 2.45) is 0 Å². The first kappa shape index (κ1) is 18.4. The Morgan fingerprint density at radius 2 is 2.00 bits per heavy atom. The average Bonchev–Trinajstić information content (AvgIpc) is 2.38. The zero-order chi connectivity index (χ0) is 16.1. The fourth-order valence-electron chi connectivity index (χ4n) is 2.14. The van der Waals surface area contributed by atoms with Crippen LogP contribution in [0.25, 0.3) is 0 Å². The predicted molar refractivity (Wildman–Crippen MR) is 77.4 cm³/mol. The maximum absolute atomic E-state index is 12.7. The third-order valence-electron chi connectivity index (χ3n) is 3.67. The average molecular weight is 328 g/mol. The fraction of sp³-hybridized carbons (Fsp3) is 0.923. The molecule has 1 aliphatic heterocycles. The second kappa shape index (κ2) is 7.58. The minimum atomic E-state index is -4.64. The van der Waals surface area contributed by atoms with Gasteiger partial charge in [-0.25, -0.2) is 4.79 Å². The monoisotopic (exact) mass is 328 g/mol. The lowest BCUT2D eigenvalue weighted by atomic mass is 9.91. The van der Waals surface area contributed by atoms with Crippen molar-refractivity contribution in [2.45, 2.75) is 50.9 Å². The van der Waals surface area contributed by atoms with Gasteiger partial charge in [0.15, 0.2) is 5.60 Å². The lowest BCUT2D eigenvalue weighted by Gasteiger charge is -2.39. The van der Waals surface area contributed by atoms with Crippen molar-refractivity contribution in [1.29, 1.82) is 0 Å². The summed E-state index contributed by atoms with van der Waals surface area (Å²) >= 11 is 1.78. The highest BCUT2D eigenvalue weighted by atomic mass is 32.2. The first-order chi connectivity index (χ1) is 9.69. The number of hydrogen-bond donors (Lipinski definition) is 2. The molecule has 1 unspecified atom stereocenters. The number of hydrogen-bond acceptors (Lipinski definition) is 3. The second-order valence-electron chi connectivity index (χ2n) is 5.35. The van der Waals surface area contributed by atoms with E-state index < -0.39 is 24.6 Å². The molecule has 1 aliphatic rings. The first-order valence-corrected chi connectivity index (χ1v) is 8.27. The zero-order valence-corrected chi connectivity index (χ0v) is 13.2. The molecule has 0 saturated carbocycles. The minimum absolute atomic E-state index is 0.0139. The molecule has 8 heteroatoms. The molecule has 0 aromatic carbocycles. The van der Waals surface area contributed by atoms with E-state index in [1.807, 2.05) is 6.92 Å². The van der Waals surface area contributed by atoms with E-state index >= 15 is 0 Å². The van der Waals surface area contributed by atoms with Gasteiger partial charge in [0.25, 0.3) is 0 Å². The number of carbonyl (C=O) groups excluding carboxylic acids is 1. The largest absolute Gasteiger partial charge is 0.417 e. The van der Waals surface area contributed by atoms with E-state index in [1.165, 1.54) is 4.90 Å². The van der Waals surface area contributed by atoms with Gasteiger partial charge in [0.05, 0.1) is 0 Å². The van der Waals surface area contributed by atoms with Crippen molar-refractivity contribution in [1.82, 2.24) is 10.2 Å². The summed E-state index contributed by atoms with van der Waals surface area (Å²) in [5, 5.41) is 12.3. The summed E-state index contributed by atoms with van der Waals surface area (Å²) in [6.07, 6.45) is -4.75. The summed E-state index contributed by atoms with van der Waals surface area (Å²) in [5.74, 6) is 1.95. The number of amides is 2. The lowest BCUT2D eigenvalue weighted by Crippen LogP contribution is -2.56. The Labute approximate surface area is 127 Å². The maximum atomic E-state index is 12.7. The molecule has 21 heavy (non-hydrogen) atoms. The molecule has 2 N–H and O–H groups in total. The normalized spacial score (nSPS) is 20.2. The number of carbonyl (C=O) groups is 1. The molecular weight excluding hydrogens is 305 g/mol. The lowest BCUT2D eigenvalue weighted by molar-refractivity contribution is -0.271. The van der Waals surface area contributed by atoms with Gasteiger partial charge in [0, 0.05) is 32.0 Å². The molecule has 124 valence electrons. The number of halogens is 3. The number of aliphatic hydroxyl groups is 1. The van der Waals surface area contributed by atoms with Crippen LogP contribution in [0.5, 0.6) is 0 Å². The Morgan fingerprint density at radius 3 is 2.48 bits per heavy atom. The first-order valence-electron chi connectivity index (χ1n) is 7.12. The molecule has 1 heterocycles. The van der Waals surface area contributed by atoms with Gasteiger partial charge in [-0.2, -0.15) is 24.9 Å². The smallest absolute Gasteiger partial charge is 0.380 e. The van der Waals surface area contributed by atoms with Crippen LogP contribution in [0.4, 0.5) is 18.0 Å². The van der Waals surface area contributed by atoms with E-state index in [0.29, 0.717) is 0 Å². The van der Waals surface area contributed by atoms with Gasteiger partial charge < -0.3 is 15.3 Å². The Morgan fingerprint density at radius 1 is 1.43 bits per heavy atom. The SMILES string of the molecule is CCSCCC(C)NC(=O)N1CCC(O)(C(F)(F)F)CC1. The number of alkyl halides is 3. The van der Waals surface area contributed by atoms with E-state index in [0.717, 1.165) is 17.9 Å². The van der Waals surface area contributed by atoms with Crippen LogP contribution < -0.4 is 5.32 Å². The van der Waals surface area contributed by atoms with Gasteiger partial charge in [0.2, 0.25) is 0 Å². The number of urea groups is 1. The molecule has 1 atom stereocenters. The Bertz CT molecular complexity index is 345. The summed E-state index contributed by atoms with van der Waals surface area (Å²) in [7, 11) is 0. The van der Waals surface area contributed by atoms with Crippen LogP contribution in [0, 0.1) is 0 Å². The van der Waals surface area contributed by atoms with Crippen LogP contribution in [-0.2, 0) is 0 Å². The minimum Gasteiger partial charge on any atom is -0.380 e. The molecule has 1 rings (SSSR count).